The second kappa shape index (κ2) is 8.13. The first-order valence-electron chi connectivity index (χ1n) is 7.84. The van der Waals surface area contributed by atoms with Crippen LogP contribution in [-0.2, 0) is 4.74 Å². The Kier molecular flexibility index (Phi) is 6.46. The molecule has 0 aromatic rings. The zero-order valence-corrected chi connectivity index (χ0v) is 11.6. The van der Waals surface area contributed by atoms with Gasteiger partial charge in [0, 0.05) is 19.2 Å². The summed E-state index contributed by atoms with van der Waals surface area (Å²) in [5.41, 5.74) is 0. The van der Waals surface area contributed by atoms with Crippen molar-refractivity contribution in [1.82, 2.24) is 5.32 Å². The summed E-state index contributed by atoms with van der Waals surface area (Å²) in [6.07, 6.45) is 11.7. The van der Waals surface area contributed by atoms with Crippen LogP contribution in [0.2, 0.25) is 0 Å². The lowest BCUT2D eigenvalue weighted by Crippen LogP contribution is -2.37. The van der Waals surface area contributed by atoms with Crippen LogP contribution in [-0.4, -0.2) is 37.0 Å². The maximum atomic E-state index is 9.85. The summed E-state index contributed by atoms with van der Waals surface area (Å²) in [5, 5.41) is 13.4. The summed E-state index contributed by atoms with van der Waals surface area (Å²) in [5.74, 6) is 0.788. The molecule has 0 radical (unpaired) electrons. The minimum absolute atomic E-state index is 0.339. The second-order valence-corrected chi connectivity index (χ2v) is 6.08. The quantitative estimate of drug-likeness (QED) is 0.734. The largest absolute Gasteiger partial charge is 0.389 e. The first-order valence-corrected chi connectivity index (χ1v) is 7.84. The molecule has 1 atom stereocenters. The zero-order valence-electron chi connectivity index (χ0n) is 11.6. The molecule has 106 valence electrons. The van der Waals surface area contributed by atoms with E-state index in [0.717, 1.165) is 12.5 Å². The normalized spacial score (nSPS) is 24.5. The highest BCUT2D eigenvalue weighted by Crippen LogP contribution is 2.28. The van der Waals surface area contributed by atoms with Crippen LogP contribution in [0.5, 0.6) is 0 Å². The molecule has 2 saturated carbocycles. The lowest BCUT2D eigenvalue weighted by molar-refractivity contribution is 0.0308. The smallest absolute Gasteiger partial charge is 0.0897 e. The molecule has 0 spiro atoms. The lowest BCUT2D eigenvalue weighted by Gasteiger charge is -2.22. The summed E-state index contributed by atoms with van der Waals surface area (Å²) in [6, 6.07) is 0.614. The molecule has 2 N–H and O–H groups in total. The number of aliphatic hydroxyl groups excluding tert-OH is 1. The fraction of sp³-hybridized carbons (Fsp3) is 1.00. The Morgan fingerprint density at radius 1 is 1.00 bits per heavy atom. The van der Waals surface area contributed by atoms with E-state index in [4.69, 9.17) is 4.74 Å². The van der Waals surface area contributed by atoms with Crippen LogP contribution in [0.3, 0.4) is 0 Å². The van der Waals surface area contributed by atoms with Gasteiger partial charge in [-0.1, -0.05) is 32.1 Å². The second-order valence-electron chi connectivity index (χ2n) is 6.08. The highest BCUT2D eigenvalue weighted by molar-refractivity contribution is 4.74. The molecule has 0 bridgehead atoms. The molecule has 0 saturated heterocycles. The van der Waals surface area contributed by atoms with Gasteiger partial charge in [0.05, 0.1) is 12.7 Å². The fourth-order valence-electron chi connectivity index (χ4n) is 2.68. The zero-order chi connectivity index (χ0) is 12.6. The molecule has 2 rings (SSSR count). The monoisotopic (exact) mass is 255 g/mol. The van der Waals surface area contributed by atoms with Crippen molar-refractivity contribution in [1.29, 1.82) is 0 Å². The van der Waals surface area contributed by atoms with E-state index in [-0.39, 0.29) is 6.10 Å². The Labute approximate surface area is 111 Å². The fourth-order valence-corrected chi connectivity index (χ4v) is 2.68. The van der Waals surface area contributed by atoms with Crippen molar-refractivity contribution in [2.75, 3.05) is 19.8 Å². The minimum atomic E-state index is -0.339. The van der Waals surface area contributed by atoms with Crippen molar-refractivity contribution < 1.29 is 9.84 Å². The van der Waals surface area contributed by atoms with Gasteiger partial charge in [-0.25, -0.2) is 0 Å². The first kappa shape index (κ1) is 14.3. The molecule has 2 fully saturated rings. The van der Waals surface area contributed by atoms with Gasteiger partial charge in [0.2, 0.25) is 0 Å². The Morgan fingerprint density at radius 2 is 1.67 bits per heavy atom. The average Bonchev–Trinajstić information content (AvgIpc) is 3.11. The predicted molar refractivity (Wildman–Crippen MR) is 73.7 cm³/mol. The Bertz CT molecular complexity index is 211. The van der Waals surface area contributed by atoms with Gasteiger partial charge in [-0.05, 0) is 31.6 Å². The average molecular weight is 255 g/mol. The highest BCUT2D eigenvalue weighted by Gasteiger charge is 2.21. The number of ether oxygens (including phenoxy) is 1. The third-order valence-electron chi connectivity index (χ3n) is 4.11. The molecule has 1 unspecified atom stereocenters. The van der Waals surface area contributed by atoms with Gasteiger partial charge in [-0.2, -0.15) is 0 Å². The highest BCUT2D eigenvalue weighted by atomic mass is 16.5. The number of rotatable bonds is 7. The van der Waals surface area contributed by atoms with Gasteiger partial charge < -0.3 is 15.2 Å². The van der Waals surface area contributed by atoms with Crippen LogP contribution in [0.15, 0.2) is 0 Å². The van der Waals surface area contributed by atoms with Gasteiger partial charge in [-0.3, -0.25) is 0 Å². The van der Waals surface area contributed by atoms with E-state index in [1.165, 1.54) is 57.8 Å². The van der Waals surface area contributed by atoms with Crippen LogP contribution in [0.25, 0.3) is 0 Å². The standard InChI is InChI=1S/C15H29NO2/c17-15(12-18-11-13-8-9-13)10-16-14-6-4-2-1-3-5-7-14/h13-17H,1-12H2. The van der Waals surface area contributed by atoms with Crippen LogP contribution >= 0.6 is 0 Å². The summed E-state index contributed by atoms with van der Waals surface area (Å²) >= 11 is 0. The van der Waals surface area contributed by atoms with Crippen molar-refractivity contribution in [3.05, 3.63) is 0 Å². The van der Waals surface area contributed by atoms with Crippen molar-refractivity contribution >= 4 is 0 Å². The molecule has 0 aromatic heterocycles. The van der Waals surface area contributed by atoms with E-state index in [9.17, 15) is 5.11 Å². The van der Waals surface area contributed by atoms with Crippen LogP contribution in [0.4, 0.5) is 0 Å². The van der Waals surface area contributed by atoms with Crippen molar-refractivity contribution in [3.63, 3.8) is 0 Å². The van der Waals surface area contributed by atoms with Crippen LogP contribution in [0, 0.1) is 5.92 Å². The third kappa shape index (κ3) is 6.17. The molecule has 3 heteroatoms. The van der Waals surface area contributed by atoms with Crippen LogP contribution < -0.4 is 5.32 Å². The van der Waals surface area contributed by atoms with Gasteiger partial charge in [-0.15, -0.1) is 0 Å². The minimum Gasteiger partial charge on any atom is -0.389 e. The van der Waals surface area contributed by atoms with Gasteiger partial charge in [0.25, 0.3) is 0 Å². The lowest BCUT2D eigenvalue weighted by atomic mass is 9.97. The van der Waals surface area contributed by atoms with Gasteiger partial charge in [0.1, 0.15) is 0 Å². The summed E-state index contributed by atoms with van der Waals surface area (Å²) in [7, 11) is 0. The molecule has 0 heterocycles. The summed E-state index contributed by atoms with van der Waals surface area (Å²) in [6.45, 7) is 2.03. The first-order chi connectivity index (χ1) is 8.84. The van der Waals surface area contributed by atoms with Gasteiger partial charge >= 0.3 is 0 Å². The molecule has 0 aromatic carbocycles. The summed E-state index contributed by atoms with van der Waals surface area (Å²) < 4.78 is 5.51. The molecule has 0 amide bonds. The van der Waals surface area contributed by atoms with Crippen molar-refractivity contribution in [3.8, 4) is 0 Å². The maximum Gasteiger partial charge on any atom is 0.0897 e. The Balaban J connectivity index is 1.50. The third-order valence-corrected chi connectivity index (χ3v) is 4.11. The number of hydrogen-bond donors (Lipinski definition) is 2. The maximum absolute atomic E-state index is 9.85. The summed E-state index contributed by atoms with van der Waals surface area (Å²) in [4.78, 5) is 0. The molecule has 2 aliphatic carbocycles. The molecular formula is C15H29NO2. The number of aliphatic hydroxyl groups is 1. The van der Waals surface area contributed by atoms with Crippen molar-refractivity contribution in [2.24, 2.45) is 5.92 Å². The Morgan fingerprint density at radius 3 is 2.33 bits per heavy atom. The van der Waals surface area contributed by atoms with E-state index in [1.807, 2.05) is 0 Å². The molecule has 18 heavy (non-hydrogen) atoms. The SMILES string of the molecule is OC(CNC1CCCCCCC1)COCC1CC1. The van der Waals surface area contributed by atoms with E-state index in [2.05, 4.69) is 5.32 Å². The Hall–Kier alpha value is -0.120. The van der Waals surface area contributed by atoms with Crippen LogP contribution in [0.1, 0.15) is 57.8 Å². The molecular weight excluding hydrogens is 226 g/mol. The number of nitrogens with one attached hydrogen (secondary N) is 1. The molecule has 0 aliphatic heterocycles. The molecule has 2 aliphatic rings. The van der Waals surface area contributed by atoms with Crippen molar-refractivity contribution in [2.45, 2.75) is 69.9 Å². The van der Waals surface area contributed by atoms with E-state index < -0.39 is 0 Å². The van der Waals surface area contributed by atoms with E-state index >= 15 is 0 Å². The molecule has 3 nitrogen and oxygen atoms in total. The van der Waals surface area contributed by atoms with Gasteiger partial charge in [0.15, 0.2) is 0 Å². The topological polar surface area (TPSA) is 41.5 Å². The predicted octanol–water partition coefficient (Wildman–Crippen LogP) is 2.48. The van der Waals surface area contributed by atoms with E-state index in [1.54, 1.807) is 0 Å². The van der Waals surface area contributed by atoms with E-state index in [0.29, 0.717) is 19.2 Å². The number of hydrogen-bond acceptors (Lipinski definition) is 3.